The smallest absolute Gasteiger partial charge is 0.191 e. The number of thiophene rings is 1. The van der Waals surface area contributed by atoms with Gasteiger partial charge in [0.15, 0.2) is 5.96 Å². The molecule has 0 aliphatic carbocycles. The number of benzene rings is 1. The number of halogens is 2. The van der Waals surface area contributed by atoms with Gasteiger partial charge in [-0.05, 0) is 46.6 Å². The van der Waals surface area contributed by atoms with E-state index in [9.17, 15) is 0 Å². The Morgan fingerprint density at radius 3 is 2.75 bits per heavy atom. The average molecular weight is 521 g/mol. The molecule has 7 heteroatoms. The number of nitrogens with zero attached hydrogens (tertiary/aromatic N) is 2. The second-order valence-corrected chi connectivity index (χ2v) is 8.09. The van der Waals surface area contributed by atoms with Crippen LogP contribution in [-0.2, 0) is 6.54 Å². The summed E-state index contributed by atoms with van der Waals surface area (Å²) in [6.45, 7) is 2.89. The maximum atomic E-state index is 4.34. The molecule has 130 valence electrons. The number of rotatable bonds is 4. The number of hydrogen-bond acceptors (Lipinski definition) is 3. The maximum Gasteiger partial charge on any atom is 0.191 e. The van der Waals surface area contributed by atoms with Crippen LogP contribution in [0.15, 0.2) is 51.2 Å². The molecular formula is C17H22BrIN4S. The molecule has 1 fully saturated rings. The largest absolute Gasteiger partial charge is 0.369 e. The topological polar surface area (TPSA) is 39.7 Å². The summed E-state index contributed by atoms with van der Waals surface area (Å²) in [5, 5.41) is 6.92. The van der Waals surface area contributed by atoms with Crippen LogP contribution in [0.25, 0.3) is 0 Å². The van der Waals surface area contributed by atoms with Gasteiger partial charge in [-0.3, -0.25) is 4.99 Å². The van der Waals surface area contributed by atoms with Crippen molar-refractivity contribution in [2.45, 2.75) is 19.0 Å². The van der Waals surface area contributed by atoms with Crippen molar-refractivity contribution in [2.75, 3.05) is 25.0 Å². The van der Waals surface area contributed by atoms with E-state index in [1.54, 1.807) is 11.3 Å². The lowest BCUT2D eigenvalue weighted by Crippen LogP contribution is -2.44. The van der Waals surface area contributed by atoms with Crippen LogP contribution < -0.4 is 15.5 Å². The lowest BCUT2D eigenvalue weighted by Gasteiger charge is -2.20. The van der Waals surface area contributed by atoms with Crippen LogP contribution in [0, 0.1) is 0 Å². The third-order valence-electron chi connectivity index (χ3n) is 3.93. The van der Waals surface area contributed by atoms with Crippen LogP contribution in [0.5, 0.6) is 0 Å². The molecule has 1 aliphatic heterocycles. The molecule has 2 aromatic rings. The molecule has 4 nitrogen and oxygen atoms in total. The Morgan fingerprint density at radius 2 is 2.08 bits per heavy atom. The van der Waals surface area contributed by atoms with Gasteiger partial charge in [0.2, 0.25) is 0 Å². The molecular weight excluding hydrogens is 499 g/mol. The summed E-state index contributed by atoms with van der Waals surface area (Å²) in [6.07, 6.45) is 1.13. The zero-order chi connectivity index (χ0) is 16.1. The number of aliphatic imine (C=N–C) groups is 1. The Balaban J connectivity index is 0.00000208. The molecule has 0 saturated carbocycles. The molecule has 1 aromatic carbocycles. The van der Waals surface area contributed by atoms with Gasteiger partial charge < -0.3 is 15.5 Å². The van der Waals surface area contributed by atoms with Crippen molar-refractivity contribution in [3.8, 4) is 0 Å². The van der Waals surface area contributed by atoms with E-state index >= 15 is 0 Å². The number of nitrogens with one attached hydrogen (secondary N) is 2. The fraction of sp³-hybridized carbons (Fsp3) is 0.353. The molecule has 1 atom stereocenters. The Kier molecular flexibility index (Phi) is 7.83. The van der Waals surface area contributed by atoms with Crippen molar-refractivity contribution in [1.82, 2.24) is 10.6 Å². The van der Waals surface area contributed by atoms with Gasteiger partial charge in [-0.15, -0.1) is 35.3 Å². The predicted octanol–water partition coefficient (Wildman–Crippen LogP) is 4.07. The zero-order valence-corrected chi connectivity index (χ0v) is 18.3. The number of para-hydroxylation sites is 1. The van der Waals surface area contributed by atoms with Crippen LogP contribution in [0.1, 0.15) is 11.3 Å². The summed E-state index contributed by atoms with van der Waals surface area (Å²) in [5.41, 5.74) is 1.29. The number of anilines is 1. The second kappa shape index (κ2) is 9.62. The van der Waals surface area contributed by atoms with Crippen LogP contribution in [0.4, 0.5) is 5.69 Å². The summed E-state index contributed by atoms with van der Waals surface area (Å²) in [7, 11) is 1.82. The van der Waals surface area contributed by atoms with Crippen LogP contribution in [0.2, 0.25) is 0 Å². The average Bonchev–Trinajstić information content (AvgIpc) is 3.21. The minimum absolute atomic E-state index is 0. The Bertz CT molecular complexity index is 662. The van der Waals surface area contributed by atoms with Crippen molar-refractivity contribution in [3.05, 3.63) is 51.1 Å². The molecule has 1 saturated heterocycles. The van der Waals surface area contributed by atoms with Crippen molar-refractivity contribution in [3.63, 3.8) is 0 Å². The molecule has 1 aliphatic rings. The van der Waals surface area contributed by atoms with E-state index in [0.717, 1.165) is 35.8 Å². The molecule has 0 bridgehead atoms. The van der Waals surface area contributed by atoms with Gasteiger partial charge in [-0.2, -0.15) is 0 Å². The van der Waals surface area contributed by atoms with E-state index in [2.05, 4.69) is 78.9 Å². The van der Waals surface area contributed by atoms with Crippen molar-refractivity contribution >= 4 is 62.9 Å². The van der Waals surface area contributed by atoms with Gasteiger partial charge in [-0.1, -0.05) is 18.2 Å². The summed E-state index contributed by atoms with van der Waals surface area (Å²) in [4.78, 5) is 8.05. The highest BCUT2D eigenvalue weighted by atomic mass is 127. The van der Waals surface area contributed by atoms with Gasteiger partial charge in [0, 0.05) is 36.7 Å². The molecule has 24 heavy (non-hydrogen) atoms. The van der Waals surface area contributed by atoms with E-state index in [1.165, 1.54) is 10.6 Å². The van der Waals surface area contributed by atoms with Gasteiger partial charge in [0.05, 0.1) is 10.3 Å². The monoisotopic (exact) mass is 520 g/mol. The summed E-state index contributed by atoms with van der Waals surface area (Å²) < 4.78 is 1.16. The molecule has 0 radical (unpaired) electrons. The zero-order valence-electron chi connectivity index (χ0n) is 13.5. The van der Waals surface area contributed by atoms with E-state index in [1.807, 2.05) is 7.05 Å². The highest BCUT2D eigenvalue weighted by Gasteiger charge is 2.23. The minimum Gasteiger partial charge on any atom is -0.369 e. The molecule has 1 aromatic heterocycles. The predicted molar refractivity (Wildman–Crippen MR) is 118 cm³/mol. The standard InChI is InChI=1S/C17H21BrN4S.HI/c1-19-17(20-11-15-7-8-16(18)23-15)21-13-9-10-22(12-13)14-5-3-2-4-6-14;/h2-8,13H,9-12H2,1H3,(H2,19,20,21);1H. The van der Waals surface area contributed by atoms with Gasteiger partial charge in [0.1, 0.15) is 0 Å². The normalized spacial score (nSPS) is 17.5. The number of hydrogen-bond donors (Lipinski definition) is 2. The molecule has 0 spiro atoms. The summed E-state index contributed by atoms with van der Waals surface area (Å²) >= 11 is 5.24. The molecule has 1 unspecified atom stereocenters. The lowest BCUT2D eigenvalue weighted by molar-refractivity contribution is 0.649. The van der Waals surface area contributed by atoms with Crippen molar-refractivity contribution in [1.29, 1.82) is 0 Å². The first kappa shape index (κ1) is 19.5. The van der Waals surface area contributed by atoms with E-state index in [-0.39, 0.29) is 24.0 Å². The van der Waals surface area contributed by atoms with E-state index in [4.69, 9.17) is 0 Å². The minimum atomic E-state index is 0. The van der Waals surface area contributed by atoms with Gasteiger partial charge in [0.25, 0.3) is 0 Å². The third kappa shape index (κ3) is 5.35. The molecule has 2 N–H and O–H groups in total. The van der Waals surface area contributed by atoms with Crippen LogP contribution >= 0.6 is 51.2 Å². The first-order valence-corrected chi connectivity index (χ1v) is 9.37. The second-order valence-electron chi connectivity index (χ2n) is 5.54. The van der Waals surface area contributed by atoms with Crippen molar-refractivity contribution in [2.24, 2.45) is 4.99 Å². The number of guanidine groups is 1. The van der Waals surface area contributed by atoms with E-state index < -0.39 is 0 Å². The molecule has 3 rings (SSSR count). The molecule has 2 heterocycles. The fourth-order valence-corrected chi connectivity index (χ4v) is 4.18. The first-order chi connectivity index (χ1) is 11.2. The highest BCUT2D eigenvalue weighted by molar-refractivity contribution is 14.0. The van der Waals surface area contributed by atoms with Crippen LogP contribution in [0.3, 0.4) is 0 Å². The Hall–Kier alpha value is -0.800. The lowest BCUT2D eigenvalue weighted by atomic mass is 10.3. The quantitative estimate of drug-likeness (QED) is 0.362. The molecule has 0 amide bonds. The SMILES string of the molecule is CN=C(NCc1ccc(Br)s1)NC1CCN(c2ccccc2)C1.I. The highest BCUT2D eigenvalue weighted by Crippen LogP contribution is 2.22. The van der Waals surface area contributed by atoms with Gasteiger partial charge >= 0.3 is 0 Å². The Labute approximate surface area is 172 Å². The van der Waals surface area contributed by atoms with Crippen LogP contribution in [-0.4, -0.2) is 32.1 Å². The van der Waals surface area contributed by atoms with E-state index in [0.29, 0.717) is 6.04 Å². The van der Waals surface area contributed by atoms with Crippen molar-refractivity contribution < 1.29 is 0 Å². The first-order valence-electron chi connectivity index (χ1n) is 7.76. The third-order valence-corrected chi connectivity index (χ3v) is 5.56. The maximum absolute atomic E-state index is 4.34. The summed E-state index contributed by atoms with van der Waals surface area (Å²) in [5.74, 6) is 0.870. The Morgan fingerprint density at radius 1 is 1.29 bits per heavy atom. The van der Waals surface area contributed by atoms with Gasteiger partial charge in [-0.25, -0.2) is 0 Å². The summed E-state index contributed by atoms with van der Waals surface area (Å²) in [6, 6.07) is 15.2. The fourth-order valence-electron chi connectivity index (χ4n) is 2.76.